The third-order valence-electron chi connectivity index (χ3n) is 3.89. The third kappa shape index (κ3) is 5.16. The summed E-state index contributed by atoms with van der Waals surface area (Å²) in [6.45, 7) is 3.72. The van der Waals surface area contributed by atoms with Crippen molar-refractivity contribution < 1.29 is 14.3 Å². The van der Waals surface area contributed by atoms with Crippen molar-refractivity contribution >= 4 is 12.1 Å². The zero-order chi connectivity index (χ0) is 17.4. The van der Waals surface area contributed by atoms with E-state index in [9.17, 15) is 9.59 Å². The monoisotopic (exact) mass is 330 g/mol. The van der Waals surface area contributed by atoms with Crippen LogP contribution < -0.4 is 10.6 Å². The number of nitrogens with zero attached hydrogens (tertiary/aromatic N) is 2. The number of hydrogen-bond acceptors (Lipinski definition) is 4. The van der Waals surface area contributed by atoms with Crippen LogP contribution in [0.15, 0.2) is 24.3 Å². The van der Waals surface area contributed by atoms with Gasteiger partial charge in [-0.2, -0.15) is 5.26 Å². The van der Waals surface area contributed by atoms with Crippen molar-refractivity contribution in [2.45, 2.75) is 32.4 Å². The minimum atomic E-state index is -0.291. The fourth-order valence-corrected chi connectivity index (χ4v) is 2.54. The van der Waals surface area contributed by atoms with Crippen LogP contribution >= 0.6 is 0 Å². The summed E-state index contributed by atoms with van der Waals surface area (Å²) >= 11 is 0. The van der Waals surface area contributed by atoms with E-state index in [-0.39, 0.29) is 18.2 Å². The summed E-state index contributed by atoms with van der Waals surface area (Å²) in [4.78, 5) is 25.2. The first-order valence-corrected chi connectivity index (χ1v) is 8.07. The van der Waals surface area contributed by atoms with Gasteiger partial charge in [0.2, 0.25) is 0 Å². The van der Waals surface area contributed by atoms with Gasteiger partial charge in [0.15, 0.2) is 0 Å². The second kappa shape index (κ2) is 8.77. The Labute approximate surface area is 141 Å². The van der Waals surface area contributed by atoms with Gasteiger partial charge >= 0.3 is 12.1 Å². The summed E-state index contributed by atoms with van der Waals surface area (Å²) in [6.07, 6.45) is 1.13. The van der Waals surface area contributed by atoms with E-state index < -0.39 is 0 Å². The molecule has 0 saturated carbocycles. The molecule has 0 atom stereocenters. The first-order chi connectivity index (χ1) is 11.6. The van der Waals surface area contributed by atoms with E-state index in [0.29, 0.717) is 44.6 Å². The number of carbonyl (C=O) groups is 2. The predicted molar refractivity (Wildman–Crippen MR) is 88.1 cm³/mol. The number of benzene rings is 1. The molecule has 0 aliphatic carbocycles. The van der Waals surface area contributed by atoms with Crippen molar-refractivity contribution in [2.75, 3.05) is 19.7 Å². The van der Waals surface area contributed by atoms with Crippen LogP contribution in [-0.2, 0) is 11.3 Å². The molecule has 7 nitrogen and oxygen atoms in total. The van der Waals surface area contributed by atoms with Crippen molar-refractivity contribution in [3.8, 4) is 6.07 Å². The standard InChI is InChI=1S/C17H22N4O3/c1-2-24-17(23)21-9-7-15(8-10-21)20-16(22)19-12-14-5-3-13(11-18)4-6-14/h3-6,15H,2,7-10,12H2,1H3,(H2,19,20,22). The van der Waals surface area contributed by atoms with Crippen LogP contribution in [0.25, 0.3) is 0 Å². The molecule has 0 aromatic heterocycles. The smallest absolute Gasteiger partial charge is 0.409 e. The van der Waals surface area contributed by atoms with Gasteiger partial charge in [0.05, 0.1) is 18.2 Å². The number of nitrogens with one attached hydrogen (secondary N) is 2. The SMILES string of the molecule is CCOC(=O)N1CCC(NC(=O)NCc2ccc(C#N)cc2)CC1. The highest BCUT2D eigenvalue weighted by Gasteiger charge is 2.24. The lowest BCUT2D eigenvalue weighted by molar-refractivity contribution is 0.0957. The second-order valence-corrected chi connectivity index (χ2v) is 5.60. The van der Waals surface area contributed by atoms with Gasteiger partial charge in [-0.25, -0.2) is 9.59 Å². The van der Waals surface area contributed by atoms with Gasteiger partial charge in [0.25, 0.3) is 0 Å². The maximum absolute atomic E-state index is 11.9. The fourth-order valence-electron chi connectivity index (χ4n) is 2.54. The molecule has 1 fully saturated rings. The van der Waals surface area contributed by atoms with Crippen molar-refractivity contribution in [3.05, 3.63) is 35.4 Å². The lowest BCUT2D eigenvalue weighted by atomic mass is 10.1. The Bertz CT molecular complexity index is 601. The van der Waals surface area contributed by atoms with E-state index in [1.807, 2.05) is 12.1 Å². The van der Waals surface area contributed by atoms with Crippen LogP contribution in [-0.4, -0.2) is 42.8 Å². The van der Waals surface area contributed by atoms with Gasteiger partial charge in [0, 0.05) is 25.7 Å². The molecule has 0 radical (unpaired) electrons. The minimum Gasteiger partial charge on any atom is -0.450 e. The first kappa shape index (κ1) is 17.6. The summed E-state index contributed by atoms with van der Waals surface area (Å²) in [5.41, 5.74) is 1.53. The number of piperidine rings is 1. The van der Waals surface area contributed by atoms with E-state index in [1.165, 1.54) is 0 Å². The molecule has 0 unspecified atom stereocenters. The Morgan fingerprint density at radius 3 is 2.54 bits per heavy atom. The Kier molecular flexibility index (Phi) is 6.43. The van der Waals surface area contributed by atoms with Crippen LogP contribution in [0.1, 0.15) is 30.9 Å². The number of urea groups is 1. The molecule has 7 heteroatoms. The quantitative estimate of drug-likeness (QED) is 0.882. The average molecular weight is 330 g/mol. The third-order valence-corrected chi connectivity index (χ3v) is 3.89. The average Bonchev–Trinajstić information content (AvgIpc) is 2.61. The summed E-state index contributed by atoms with van der Waals surface area (Å²) in [7, 11) is 0. The van der Waals surface area contributed by atoms with Gasteiger partial charge in [-0.1, -0.05) is 12.1 Å². The highest BCUT2D eigenvalue weighted by Crippen LogP contribution is 2.11. The maximum Gasteiger partial charge on any atom is 0.409 e. The molecular formula is C17H22N4O3. The topological polar surface area (TPSA) is 94.5 Å². The van der Waals surface area contributed by atoms with Crippen molar-refractivity contribution in [2.24, 2.45) is 0 Å². The molecule has 1 aliphatic heterocycles. The van der Waals surface area contributed by atoms with Gasteiger partial charge < -0.3 is 20.3 Å². The van der Waals surface area contributed by atoms with Crippen molar-refractivity contribution in [1.82, 2.24) is 15.5 Å². The van der Waals surface area contributed by atoms with Crippen LogP contribution in [0.2, 0.25) is 0 Å². The Morgan fingerprint density at radius 1 is 1.29 bits per heavy atom. The molecule has 24 heavy (non-hydrogen) atoms. The van der Waals surface area contributed by atoms with E-state index in [0.717, 1.165) is 5.56 Å². The van der Waals surface area contributed by atoms with Gasteiger partial charge in [-0.15, -0.1) is 0 Å². The molecule has 3 amide bonds. The summed E-state index contributed by atoms with van der Waals surface area (Å²) in [5, 5.41) is 14.5. The highest BCUT2D eigenvalue weighted by atomic mass is 16.6. The lowest BCUT2D eigenvalue weighted by Gasteiger charge is -2.31. The number of amides is 3. The van der Waals surface area contributed by atoms with Crippen molar-refractivity contribution in [3.63, 3.8) is 0 Å². The van der Waals surface area contributed by atoms with E-state index in [2.05, 4.69) is 16.7 Å². The number of likely N-dealkylation sites (tertiary alicyclic amines) is 1. The molecule has 2 N–H and O–H groups in total. The summed E-state index contributed by atoms with van der Waals surface area (Å²) < 4.78 is 4.97. The molecule has 1 saturated heterocycles. The number of hydrogen-bond donors (Lipinski definition) is 2. The lowest BCUT2D eigenvalue weighted by Crippen LogP contribution is -2.49. The van der Waals surface area contributed by atoms with Gasteiger partial charge in [-0.05, 0) is 37.5 Å². The molecular weight excluding hydrogens is 308 g/mol. The van der Waals surface area contributed by atoms with Gasteiger partial charge in [0.1, 0.15) is 0 Å². The Balaban J connectivity index is 1.69. The fraction of sp³-hybridized carbons (Fsp3) is 0.471. The van der Waals surface area contributed by atoms with Crippen LogP contribution in [0.4, 0.5) is 9.59 Å². The molecule has 1 aromatic rings. The van der Waals surface area contributed by atoms with E-state index in [4.69, 9.17) is 10.00 Å². The van der Waals surface area contributed by atoms with Crippen LogP contribution in [0, 0.1) is 11.3 Å². The molecule has 1 heterocycles. The van der Waals surface area contributed by atoms with E-state index in [1.54, 1.807) is 24.0 Å². The number of carbonyl (C=O) groups excluding carboxylic acids is 2. The Morgan fingerprint density at radius 2 is 1.96 bits per heavy atom. The first-order valence-electron chi connectivity index (χ1n) is 8.07. The predicted octanol–water partition coefficient (Wildman–Crippen LogP) is 1.98. The van der Waals surface area contributed by atoms with E-state index >= 15 is 0 Å². The Hall–Kier alpha value is -2.75. The molecule has 0 spiro atoms. The number of nitriles is 1. The normalized spacial score (nSPS) is 14.6. The minimum absolute atomic E-state index is 0.0524. The molecule has 128 valence electrons. The number of rotatable bonds is 4. The zero-order valence-electron chi connectivity index (χ0n) is 13.7. The van der Waals surface area contributed by atoms with Crippen LogP contribution in [0.5, 0.6) is 0 Å². The molecule has 2 rings (SSSR count). The molecule has 1 aliphatic rings. The number of ether oxygens (including phenoxy) is 1. The summed E-state index contributed by atoms with van der Waals surface area (Å²) in [6, 6.07) is 8.96. The molecule has 1 aromatic carbocycles. The highest BCUT2D eigenvalue weighted by molar-refractivity contribution is 5.74. The zero-order valence-corrected chi connectivity index (χ0v) is 13.7. The van der Waals surface area contributed by atoms with Crippen LogP contribution in [0.3, 0.4) is 0 Å². The van der Waals surface area contributed by atoms with Gasteiger partial charge in [-0.3, -0.25) is 0 Å². The molecule has 0 bridgehead atoms. The van der Waals surface area contributed by atoms with Crippen molar-refractivity contribution in [1.29, 1.82) is 5.26 Å². The largest absolute Gasteiger partial charge is 0.450 e. The second-order valence-electron chi connectivity index (χ2n) is 5.60. The summed E-state index contributed by atoms with van der Waals surface area (Å²) in [5.74, 6) is 0. The maximum atomic E-state index is 11.9.